The van der Waals surface area contributed by atoms with E-state index in [-0.39, 0.29) is 5.78 Å². The lowest BCUT2D eigenvalue weighted by Gasteiger charge is -2.19. The van der Waals surface area contributed by atoms with E-state index in [2.05, 4.69) is 4.98 Å². The Bertz CT molecular complexity index is 570. The fourth-order valence-corrected chi connectivity index (χ4v) is 2.59. The number of hydrogen-bond donors (Lipinski definition) is 0. The van der Waals surface area contributed by atoms with Crippen molar-refractivity contribution in [2.75, 3.05) is 0 Å². The van der Waals surface area contributed by atoms with Crippen LogP contribution in [0, 0.1) is 5.92 Å². The molecule has 0 aliphatic heterocycles. The first-order valence-electron chi connectivity index (χ1n) is 6.59. The van der Waals surface area contributed by atoms with E-state index < -0.39 is 0 Å². The zero-order valence-electron chi connectivity index (χ0n) is 10.4. The van der Waals surface area contributed by atoms with Gasteiger partial charge in [-0.1, -0.05) is 43.5 Å². The van der Waals surface area contributed by atoms with Gasteiger partial charge < -0.3 is 0 Å². The summed E-state index contributed by atoms with van der Waals surface area (Å²) >= 11 is 0. The number of pyridine rings is 1. The van der Waals surface area contributed by atoms with E-state index in [0.717, 1.165) is 42.4 Å². The number of benzene rings is 1. The second-order valence-corrected chi connectivity index (χ2v) is 4.91. The molecule has 0 unspecified atom stereocenters. The van der Waals surface area contributed by atoms with Crippen LogP contribution in [0.3, 0.4) is 0 Å². The van der Waals surface area contributed by atoms with E-state index in [9.17, 15) is 4.79 Å². The molecule has 1 aliphatic carbocycles. The minimum Gasteiger partial charge on any atom is -0.292 e. The second-order valence-electron chi connectivity index (χ2n) is 4.91. The lowest BCUT2D eigenvalue weighted by Crippen LogP contribution is -2.16. The average Bonchev–Trinajstić information content (AvgIpc) is 2.47. The van der Waals surface area contributed by atoms with Crippen molar-refractivity contribution in [2.45, 2.75) is 32.1 Å². The molecule has 1 saturated carbocycles. The molecule has 0 N–H and O–H groups in total. The molecule has 1 aromatic carbocycles. The topological polar surface area (TPSA) is 30.0 Å². The van der Waals surface area contributed by atoms with Gasteiger partial charge in [-0.15, -0.1) is 0 Å². The Hall–Kier alpha value is -1.70. The van der Waals surface area contributed by atoms with E-state index >= 15 is 0 Å². The predicted octanol–water partition coefficient (Wildman–Crippen LogP) is 3.96. The molecule has 1 heterocycles. The molecule has 0 spiro atoms. The average molecular weight is 238 g/mol. The van der Waals surface area contributed by atoms with Crippen molar-refractivity contribution in [1.82, 2.24) is 4.98 Å². The van der Waals surface area contributed by atoms with Crippen LogP contribution in [0.5, 0.6) is 0 Å². The second kappa shape index (κ2) is 4.89. The monoisotopic (exact) mass is 238 g/mol. The van der Waals surface area contributed by atoms with Gasteiger partial charge in [0.05, 0.1) is 0 Å². The first-order chi connectivity index (χ1) is 8.84. The minimum atomic E-state index is 0.153. The Morgan fingerprint density at radius 2 is 1.72 bits per heavy atom. The fourth-order valence-electron chi connectivity index (χ4n) is 2.59. The molecule has 2 aromatic rings. The molecule has 1 radical (unpaired) electrons. The molecule has 2 nitrogen and oxygen atoms in total. The summed E-state index contributed by atoms with van der Waals surface area (Å²) in [5, 5.41) is 2.18. The summed E-state index contributed by atoms with van der Waals surface area (Å²) in [6, 6.07) is 9.94. The van der Waals surface area contributed by atoms with Gasteiger partial charge in [0.25, 0.3) is 0 Å². The predicted molar refractivity (Wildman–Crippen MR) is 72.4 cm³/mol. The first kappa shape index (κ1) is 11.4. The maximum atomic E-state index is 12.3. The highest BCUT2D eigenvalue weighted by molar-refractivity contribution is 6.06. The number of nitrogens with zero attached hydrogens (tertiary/aromatic N) is 1. The van der Waals surface area contributed by atoms with Gasteiger partial charge in [0.2, 0.25) is 0 Å². The van der Waals surface area contributed by atoms with Crippen molar-refractivity contribution in [1.29, 1.82) is 0 Å². The van der Waals surface area contributed by atoms with Gasteiger partial charge >= 0.3 is 0 Å². The van der Waals surface area contributed by atoms with Crippen molar-refractivity contribution in [3.05, 3.63) is 48.1 Å². The summed E-state index contributed by atoms with van der Waals surface area (Å²) in [5.41, 5.74) is 0.602. The molecule has 0 saturated heterocycles. The zero-order valence-corrected chi connectivity index (χ0v) is 10.4. The SMILES string of the molecule is O=C([C]1CCCCC1)c1cc2ccccc2cn1. The number of fused-ring (bicyclic) bond motifs is 1. The molecule has 0 amide bonds. The highest BCUT2D eigenvalue weighted by Crippen LogP contribution is 2.28. The number of ketones is 1. The summed E-state index contributed by atoms with van der Waals surface area (Å²) in [6.07, 6.45) is 7.25. The summed E-state index contributed by atoms with van der Waals surface area (Å²) in [6.45, 7) is 0. The Balaban J connectivity index is 1.91. The highest BCUT2D eigenvalue weighted by Gasteiger charge is 2.23. The van der Waals surface area contributed by atoms with E-state index in [1.165, 1.54) is 6.42 Å². The van der Waals surface area contributed by atoms with Crippen LogP contribution in [0.1, 0.15) is 42.6 Å². The number of rotatable bonds is 2. The van der Waals surface area contributed by atoms with Gasteiger partial charge in [-0.25, -0.2) is 0 Å². The Kier molecular flexibility index (Phi) is 3.09. The minimum absolute atomic E-state index is 0.153. The molecule has 3 rings (SSSR count). The Labute approximate surface area is 107 Å². The van der Waals surface area contributed by atoms with E-state index in [4.69, 9.17) is 0 Å². The third-order valence-electron chi connectivity index (χ3n) is 3.64. The lowest BCUT2D eigenvalue weighted by molar-refractivity contribution is 0.0985. The van der Waals surface area contributed by atoms with E-state index in [0.29, 0.717) is 5.69 Å². The molecule has 0 bridgehead atoms. The summed E-state index contributed by atoms with van der Waals surface area (Å²) < 4.78 is 0. The van der Waals surface area contributed by atoms with Gasteiger partial charge in [-0.3, -0.25) is 9.78 Å². The summed E-state index contributed by atoms with van der Waals surface area (Å²) in [5.74, 6) is 1.21. The fraction of sp³-hybridized carbons (Fsp3) is 0.312. The van der Waals surface area contributed by atoms with Gasteiger partial charge in [0, 0.05) is 17.5 Å². The van der Waals surface area contributed by atoms with Crippen LogP contribution in [0.4, 0.5) is 0 Å². The molecule has 1 aromatic heterocycles. The van der Waals surface area contributed by atoms with Gasteiger partial charge in [0.1, 0.15) is 5.69 Å². The molecule has 0 atom stereocenters. The molecule has 2 heteroatoms. The molecular weight excluding hydrogens is 222 g/mol. The number of aromatic nitrogens is 1. The van der Waals surface area contributed by atoms with Gasteiger partial charge in [-0.05, 0) is 24.3 Å². The Morgan fingerprint density at radius 3 is 2.50 bits per heavy atom. The first-order valence-corrected chi connectivity index (χ1v) is 6.59. The molecule has 91 valence electrons. The summed E-state index contributed by atoms with van der Waals surface area (Å²) in [7, 11) is 0. The molecule has 1 fully saturated rings. The number of Topliss-reactive ketones (excluding diaryl/α,β-unsaturated/α-hetero) is 1. The van der Waals surface area contributed by atoms with Crippen LogP contribution in [0.15, 0.2) is 36.5 Å². The van der Waals surface area contributed by atoms with Crippen LogP contribution in [0.25, 0.3) is 10.8 Å². The summed E-state index contributed by atoms with van der Waals surface area (Å²) in [4.78, 5) is 16.7. The normalized spacial score (nSPS) is 16.9. The standard InChI is InChI=1S/C16H16NO/c18-16(12-6-2-1-3-7-12)15-10-13-8-4-5-9-14(13)11-17-15/h4-5,8-11H,1-3,6-7H2. The van der Waals surface area contributed by atoms with Crippen LogP contribution in [-0.2, 0) is 0 Å². The largest absolute Gasteiger partial charge is 0.292 e. The number of hydrogen-bond acceptors (Lipinski definition) is 2. The Morgan fingerprint density at radius 1 is 1.00 bits per heavy atom. The van der Waals surface area contributed by atoms with Crippen molar-refractivity contribution in [2.24, 2.45) is 0 Å². The maximum Gasteiger partial charge on any atom is 0.188 e. The van der Waals surface area contributed by atoms with Crippen LogP contribution in [-0.4, -0.2) is 10.8 Å². The quantitative estimate of drug-likeness (QED) is 0.741. The van der Waals surface area contributed by atoms with Crippen LogP contribution in [0.2, 0.25) is 0 Å². The van der Waals surface area contributed by atoms with Crippen molar-refractivity contribution < 1.29 is 4.79 Å². The van der Waals surface area contributed by atoms with Gasteiger partial charge in [-0.2, -0.15) is 0 Å². The zero-order chi connectivity index (χ0) is 12.4. The van der Waals surface area contributed by atoms with Crippen molar-refractivity contribution >= 4 is 16.6 Å². The van der Waals surface area contributed by atoms with Crippen LogP contribution < -0.4 is 0 Å². The molecule has 18 heavy (non-hydrogen) atoms. The molecule has 1 aliphatic rings. The third-order valence-corrected chi connectivity index (χ3v) is 3.64. The number of carbonyl (C=O) groups excluding carboxylic acids is 1. The van der Waals surface area contributed by atoms with E-state index in [1.54, 1.807) is 6.20 Å². The van der Waals surface area contributed by atoms with Gasteiger partial charge in [0.15, 0.2) is 5.78 Å². The smallest absolute Gasteiger partial charge is 0.188 e. The van der Waals surface area contributed by atoms with Crippen molar-refractivity contribution in [3.8, 4) is 0 Å². The maximum absolute atomic E-state index is 12.3. The van der Waals surface area contributed by atoms with Crippen LogP contribution >= 0.6 is 0 Å². The van der Waals surface area contributed by atoms with Crippen molar-refractivity contribution in [3.63, 3.8) is 0 Å². The third kappa shape index (κ3) is 2.15. The molecular formula is C16H16NO. The highest BCUT2D eigenvalue weighted by atomic mass is 16.1. The number of carbonyl (C=O) groups is 1. The van der Waals surface area contributed by atoms with E-state index in [1.807, 2.05) is 30.3 Å². The lowest BCUT2D eigenvalue weighted by atomic mass is 9.85.